The van der Waals surface area contributed by atoms with E-state index in [9.17, 15) is 14.7 Å². The lowest BCUT2D eigenvalue weighted by atomic mass is 9.96. The molecule has 5 rings (SSSR count). The molecule has 6 nitrogen and oxygen atoms in total. The maximum atomic E-state index is 13.2. The van der Waals surface area contributed by atoms with Gasteiger partial charge in [-0.15, -0.1) is 0 Å². The van der Waals surface area contributed by atoms with Gasteiger partial charge < -0.3 is 5.11 Å². The number of aromatic nitrogens is 2. The van der Waals surface area contributed by atoms with Crippen molar-refractivity contribution in [2.75, 3.05) is 4.90 Å². The molecule has 0 saturated carbocycles. The lowest BCUT2D eigenvalue weighted by molar-refractivity contribution is -0.132. The third-order valence-corrected chi connectivity index (χ3v) is 6.52. The van der Waals surface area contributed by atoms with Crippen LogP contribution in [-0.2, 0) is 9.59 Å². The number of rotatable bonds is 3. The number of hydrogen-bond acceptors (Lipinski definition) is 6. The number of thiazole rings is 1. The second-order valence-electron chi connectivity index (χ2n) is 7.75. The second-order valence-corrected chi connectivity index (χ2v) is 8.76. The average Bonchev–Trinajstić information content (AvgIpc) is 3.33. The standard InChI is InChI=1S/C25H19N3O3S/c1-14-11-15(2)20-18(12-14)32-25(27-20)28-21(17-9-6-10-26-13-17)19(23(30)24(28)31)22(29)16-7-4-3-5-8-16/h3-13,21,29H,1-2H3/b22-19+. The first-order valence-corrected chi connectivity index (χ1v) is 10.9. The van der Waals surface area contributed by atoms with E-state index in [1.54, 1.807) is 48.8 Å². The number of aryl methyl sites for hydroxylation is 2. The van der Waals surface area contributed by atoms with Crippen LogP contribution >= 0.6 is 11.3 Å². The monoisotopic (exact) mass is 441 g/mol. The third kappa shape index (κ3) is 3.18. The molecule has 1 N–H and O–H groups in total. The number of amides is 1. The Balaban J connectivity index is 1.74. The number of aliphatic hydroxyl groups excluding tert-OH is 1. The Morgan fingerprint density at radius 3 is 2.56 bits per heavy atom. The third-order valence-electron chi connectivity index (χ3n) is 5.52. The molecule has 1 fully saturated rings. The molecule has 0 bridgehead atoms. The molecule has 0 aliphatic carbocycles. The SMILES string of the molecule is Cc1cc(C)c2nc(N3C(=O)C(=O)/C(=C(/O)c4ccccc4)C3c3cccnc3)sc2c1. The van der Waals surface area contributed by atoms with E-state index in [1.807, 2.05) is 32.0 Å². The Morgan fingerprint density at radius 1 is 1.06 bits per heavy atom. The van der Waals surface area contributed by atoms with E-state index in [0.29, 0.717) is 16.3 Å². The number of hydrogen-bond donors (Lipinski definition) is 1. The van der Waals surface area contributed by atoms with Crippen molar-refractivity contribution >= 4 is 44.1 Å². The predicted octanol–water partition coefficient (Wildman–Crippen LogP) is 4.93. The van der Waals surface area contributed by atoms with E-state index < -0.39 is 17.7 Å². The van der Waals surface area contributed by atoms with Gasteiger partial charge in [0.15, 0.2) is 5.13 Å². The number of carbonyl (C=O) groups is 2. The van der Waals surface area contributed by atoms with Crippen LogP contribution in [0.15, 0.2) is 72.6 Å². The Hall–Kier alpha value is -3.84. The number of ketones is 1. The van der Waals surface area contributed by atoms with E-state index in [4.69, 9.17) is 4.98 Å². The van der Waals surface area contributed by atoms with Gasteiger partial charge in [-0.1, -0.05) is 53.8 Å². The van der Waals surface area contributed by atoms with Crippen LogP contribution in [0, 0.1) is 13.8 Å². The molecule has 4 aromatic rings. The number of nitrogens with zero attached hydrogens (tertiary/aromatic N) is 3. The zero-order valence-electron chi connectivity index (χ0n) is 17.4. The molecule has 32 heavy (non-hydrogen) atoms. The summed E-state index contributed by atoms with van der Waals surface area (Å²) < 4.78 is 0.937. The van der Waals surface area contributed by atoms with E-state index >= 15 is 0 Å². The van der Waals surface area contributed by atoms with Gasteiger partial charge in [0.2, 0.25) is 0 Å². The molecule has 1 saturated heterocycles. The van der Waals surface area contributed by atoms with Gasteiger partial charge in [-0.25, -0.2) is 4.98 Å². The number of benzene rings is 2. The van der Waals surface area contributed by atoms with Gasteiger partial charge in [-0.05, 0) is 42.7 Å². The van der Waals surface area contributed by atoms with Gasteiger partial charge in [0, 0.05) is 18.0 Å². The largest absolute Gasteiger partial charge is 0.507 e. The number of fused-ring (bicyclic) bond motifs is 1. The van der Waals surface area contributed by atoms with E-state index in [0.717, 1.165) is 21.3 Å². The number of anilines is 1. The summed E-state index contributed by atoms with van der Waals surface area (Å²) in [6.45, 7) is 3.98. The maximum absolute atomic E-state index is 13.2. The maximum Gasteiger partial charge on any atom is 0.301 e. The van der Waals surface area contributed by atoms with Crippen molar-refractivity contribution in [3.8, 4) is 0 Å². The van der Waals surface area contributed by atoms with E-state index in [1.165, 1.54) is 16.2 Å². The van der Waals surface area contributed by atoms with Crippen LogP contribution in [0.4, 0.5) is 5.13 Å². The predicted molar refractivity (Wildman–Crippen MR) is 125 cm³/mol. The van der Waals surface area contributed by atoms with Crippen LogP contribution in [0.25, 0.3) is 16.0 Å². The summed E-state index contributed by atoms with van der Waals surface area (Å²) in [4.78, 5) is 36.7. The summed E-state index contributed by atoms with van der Waals surface area (Å²) in [5.41, 5.74) is 4.01. The summed E-state index contributed by atoms with van der Waals surface area (Å²) in [6.07, 6.45) is 3.22. The number of Topliss-reactive ketones (excluding diaryl/α,β-unsaturated/α-hetero) is 1. The topological polar surface area (TPSA) is 83.4 Å². The first-order chi connectivity index (χ1) is 15.5. The van der Waals surface area contributed by atoms with Crippen molar-refractivity contribution in [1.82, 2.24) is 9.97 Å². The van der Waals surface area contributed by atoms with E-state index in [-0.39, 0.29) is 11.3 Å². The lowest BCUT2D eigenvalue weighted by Gasteiger charge is -2.22. The second kappa shape index (κ2) is 7.69. The Kier molecular flexibility index (Phi) is 4.83. The van der Waals surface area contributed by atoms with Crippen LogP contribution in [0.3, 0.4) is 0 Å². The van der Waals surface area contributed by atoms with Gasteiger partial charge in [0.25, 0.3) is 5.78 Å². The highest BCUT2D eigenvalue weighted by Gasteiger charge is 2.48. The van der Waals surface area contributed by atoms with E-state index in [2.05, 4.69) is 4.98 Å². The van der Waals surface area contributed by atoms with Crippen LogP contribution in [0.2, 0.25) is 0 Å². The molecule has 0 spiro atoms. The Morgan fingerprint density at radius 2 is 1.84 bits per heavy atom. The quantitative estimate of drug-likeness (QED) is 0.277. The summed E-state index contributed by atoms with van der Waals surface area (Å²) >= 11 is 1.35. The zero-order chi connectivity index (χ0) is 22.4. The fraction of sp³-hybridized carbons (Fsp3) is 0.120. The van der Waals surface area contributed by atoms with Crippen molar-refractivity contribution < 1.29 is 14.7 Å². The Labute approximate surface area is 188 Å². The van der Waals surface area contributed by atoms with Gasteiger partial charge in [0.1, 0.15) is 5.76 Å². The van der Waals surface area contributed by atoms with Crippen molar-refractivity contribution in [1.29, 1.82) is 0 Å². The molecule has 1 amide bonds. The van der Waals surface area contributed by atoms with Crippen LogP contribution in [0.5, 0.6) is 0 Å². The van der Waals surface area contributed by atoms with Crippen LogP contribution < -0.4 is 4.90 Å². The van der Waals surface area contributed by atoms with Crippen molar-refractivity contribution in [3.63, 3.8) is 0 Å². The molecule has 1 atom stereocenters. The zero-order valence-corrected chi connectivity index (χ0v) is 18.3. The number of pyridine rings is 1. The van der Waals surface area contributed by atoms with Gasteiger partial charge in [-0.2, -0.15) is 0 Å². The molecule has 2 aromatic carbocycles. The van der Waals surface area contributed by atoms with Crippen molar-refractivity contribution in [3.05, 3.63) is 94.8 Å². The van der Waals surface area contributed by atoms with Gasteiger partial charge in [0.05, 0.1) is 21.8 Å². The molecule has 7 heteroatoms. The van der Waals surface area contributed by atoms with Crippen LogP contribution in [0.1, 0.15) is 28.3 Å². The summed E-state index contributed by atoms with van der Waals surface area (Å²) in [5, 5.41) is 11.5. The molecule has 0 radical (unpaired) electrons. The fourth-order valence-electron chi connectivity index (χ4n) is 4.10. The van der Waals surface area contributed by atoms with Gasteiger partial charge in [-0.3, -0.25) is 19.5 Å². The molecule has 158 valence electrons. The first-order valence-electron chi connectivity index (χ1n) is 10.1. The highest BCUT2D eigenvalue weighted by atomic mass is 32.1. The number of aliphatic hydroxyl groups is 1. The summed E-state index contributed by atoms with van der Waals surface area (Å²) in [7, 11) is 0. The summed E-state index contributed by atoms with van der Waals surface area (Å²) in [6, 6.07) is 15.5. The molecular weight excluding hydrogens is 422 g/mol. The van der Waals surface area contributed by atoms with Crippen molar-refractivity contribution in [2.45, 2.75) is 19.9 Å². The van der Waals surface area contributed by atoms with Crippen molar-refractivity contribution in [2.24, 2.45) is 0 Å². The minimum atomic E-state index is -0.828. The molecular formula is C25H19N3O3S. The smallest absolute Gasteiger partial charge is 0.301 e. The minimum absolute atomic E-state index is 0.0290. The highest BCUT2D eigenvalue weighted by molar-refractivity contribution is 7.22. The fourth-order valence-corrected chi connectivity index (χ4v) is 5.26. The van der Waals surface area contributed by atoms with Gasteiger partial charge >= 0.3 is 5.91 Å². The normalized spacial score (nSPS) is 17.9. The van der Waals surface area contributed by atoms with Crippen LogP contribution in [-0.4, -0.2) is 26.8 Å². The highest BCUT2D eigenvalue weighted by Crippen LogP contribution is 2.44. The minimum Gasteiger partial charge on any atom is -0.507 e. The number of carbonyl (C=O) groups excluding carboxylic acids is 2. The molecule has 2 aromatic heterocycles. The first kappa shape index (κ1) is 20.1. The molecule has 3 heterocycles. The average molecular weight is 442 g/mol. The molecule has 1 aliphatic heterocycles. The molecule has 1 aliphatic rings. The Bertz CT molecular complexity index is 1390. The lowest BCUT2D eigenvalue weighted by Crippen LogP contribution is -2.29. The summed E-state index contributed by atoms with van der Waals surface area (Å²) in [5.74, 6) is -1.68. The molecule has 1 unspecified atom stereocenters.